The van der Waals surface area contributed by atoms with Crippen molar-refractivity contribution in [2.75, 3.05) is 0 Å². The number of hydrogen-bond donors (Lipinski definition) is 0. The van der Waals surface area contributed by atoms with Crippen molar-refractivity contribution in [1.82, 2.24) is 24.5 Å². The Hall–Kier alpha value is -3.01. The second kappa shape index (κ2) is 7.26. The molecule has 0 saturated heterocycles. The molecule has 0 fully saturated rings. The van der Waals surface area contributed by atoms with E-state index in [1.165, 1.54) is 41.0 Å². The summed E-state index contributed by atoms with van der Waals surface area (Å²) in [6.45, 7) is 4.20. The van der Waals surface area contributed by atoms with Crippen LogP contribution < -0.4 is 0 Å². The van der Waals surface area contributed by atoms with Crippen molar-refractivity contribution < 1.29 is 9.31 Å². The minimum Gasteiger partial charge on any atom is -0.298 e. The van der Waals surface area contributed by atoms with Gasteiger partial charge >= 0.3 is 5.69 Å². The van der Waals surface area contributed by atoms with Crippen LogP contribution in [-0.4, -0.2) is 29.5 Å². The van der Waals surface area contributed by atoms with E-state index in [4.69, 9.17) is 0 Å². The Morgan fingerprint density at radius 3 is 2.72 bits per heavy atom. The van der Waals surface area contributed by atoms with Gasteiger partial charge in [0.1, 0.15) is 18.2 Å². The molecule has 0 aliphatic rings. The molecular formula is C15H13FN6O2S. The molecule has 3 rings (SSSR count). The van der Waals surface area contributed by atoms with Gasteiger partial charge in [0.2, 0.25) is 0 Å². The van der Waals surface area contributed by atoms with Crippen LogP contribution in [0, 0.1) is 15.9 Å². The molecule has 0 unspecified atom stereocenters. The minimum absolute atomic E-state index is 0.0693. The number of hydrogen-bond acceptors (Lipinski definition) is 6. The van der Waals surface area contributed by atoms with Gasteiger partial charge < -0.3 is 0 Å². The molecule has 1 aromatic carbocycles. The summed E-state index contributed by atoms with van der Waals surface area (Å²) in [4.78, 5) is 10.2. The number of aromatic nitrogens is 5. The summed E-state index contributed by atoms with van der Waals surface area (Å²) in [6, 6.07) is 5.98. The van der Waals surface area contributed by atoms with Gasteiger partial charge in [-0.2, -0.15) is 5.10 Å². The number of halogens is 1. The second-order valence-electron chi connectivity index (χ2n) is 4.98. The van der Waals surface area contributed by atoms with E-state index in [1.807, 2.05) is 4.57 Å². The summed E-state index contributed by atoms with van der Waals surface area (Å²) in [5, 5.41) is 23.6. The Balaban J connectivity index is 1.82. The highest BCUT2D eigenvalue weighted by Crippen LogP contribution is 2.25. The fourth-order valence-corrected chi connectivity index (χ4v) is 2.95. The molecule has 3 aromatic rings. The standard InChI is InChI=1S/C15H13FN6O2S/c1-2-7-21-14(11-3-5-12(16)6-4-11)18-19-15(21)25-10-20-9-13(8-17-20)22(23)24/h2-6,8-9H,1,7,10H2. The third kappa shape index (κ3) is 3.74. The van der Waals surface area contributed by atoms with Gasteiger partial charge in [-0.3, -0.25) is 19.4 Å². The van der Waals surface area contributed by atoms with Crippen molar-refractivity contribution >= 4 is 17.4 Å². The van der Waals surface area contributed by atoms with Gasteiger partial charge in [-0.15, -0.1) is 16.8 Å². The molecule has 0 N–H and O–H groups in total. The number of benzene rings is 1. The number of allylic oxidation sites excluding steroid dienone is 1. The van der Waals surface area contributed by atoms with Gasteiger partial charge in [0.05, 0.1) is 10.8 Å². The maximum absolute atomic E-state index is 13.1. The van der Waals surface area contributed by atoms with Crippen LogP contribution >= 0.6 is 11.8 Å². The lowest BCUT2D eigenvalue weighted by atomic mass is 10.2. The Morgan fingerprint density at radius 2 is 2.08 bits per heavy atom. The van der Waals surface area contributed by atoms with Crippen molar-refractivity contribution in [1.29, 1.82) is 0 Å². The first kappa shape index (κ1) is 16.8. The first-order valence-electron chi connectivity index (χ1n) is 7.18. The summed E-state index contributed by atoms with van der Waals surface area (Å²) < 4.78 is 16.4. The molecular weight excluding hydrogens is 347 g/mol. The van der Waals surface area contributed by atoms with Crippen LogP contribution in [0.3, 0.4) is 0 Å². The lowest BCUT2D eigenvalue weighted by Gasteiger charge is -2.07. The smallest absolute Gasteiger partial charge is 0.298 e. The van der Waals surface area contributed by atoms with Crippen LogP contribution in [0.4, 0.5) is 10.1 Å². The maximum atomic E-state index is 13.1. The average Bonchev–Trinajstić information content (AvgIpc) is 3.21. The fraction of sp³-hybridized carbons (Fsp3) is 0.133. The van der Waals surface area contributed by atoms with Gasteiger partial charge in [-0.25, -0.2) is 4.39 Å². The molecule has 0 spiro atoms. The second-order valence-corrected chi connectivity index (χ2v) is 5.89. The quantitative estimate of drug-likeness (QED) is 0.278. The van der Waals surface area contributed by atoms with E-state index in [9.17, 15) is 14.5 Å². The first-order valence-corrected chi connectivity index (χ1v) is 8.16. The predicted octanol–water partition coefficient (Wildman–Crippen LogP) is 3.12. The van der Waals surface area contributed by atoms with E-state index in [1.54, 1.807) is 18.2 Å². The van der Waals surface area contributed by atoms with E-state index < -0.39 is 4.92 Å². The largest absolute Gasteiger partial charge is 0.307 e. The van der Waals surface area contributed by atoms with E-state index in [0.717, 1.165) is 5.56 Å². The Bertz CT molecular complexity index is 905. The third-order valence-electron chi connectivity index (χ3n) is 3.29. The van der Waals surface area contributed by atoms with Gasteiger partial charge in [-0.05, 0) is 24.3 Å². The van der Waals surface area contributed by atoms with Gasteiger partial charge in [-0.1, -0.05) is 17.8 Å². The highest BCUT2D eigenvalue weighted by Gasteiger charge is 2.15. The van der Waals surface area contributed by atoms with E-state index >= 15 is 0 Å². The molecule has 25 heavy (non-hydrogen) atoms. The molecule has 0 saturated carbocycles. The molecule has 10 heteroatoms. The topological polar surface area (TPSA) is 91.7 Å². The van der Waals surface area contributed by atoms with Crippen LogP contribution in [0.15, 0.2) is 54.5 Å². The monoisotopic (exact) mass is 360 g/mol. The molecule has 8 nitrogen and oxygen atoms in total. The van der Waals surface area contributed by atoms with Crippen LogP contribution in [0.25, 0.3) is 11.4 Å². The highest BCUT2D eigenvalue weighted by molar-refractivity contribution is 7.98. The lowest BCUT2D eigenvalue weighted by Crippen LogP contribution is -2.02. The maximum Gasteiger partial charge on any atom is 0.307 e. The predicted molar refractivity (Wildman–Crippen MR) is 90.4 cm³/mol. The minimum atomic E-state index is -0.499. The molecule has 0 aliphatic carbocycles. The van der Waals surface area contributed by atoms with Crippen LogP contribution in [0.5, 0.6) is 0 Å². The summed E-state index contributed by atoms with van der Waals surface area (Å²) >= 11 is 1.33. The summed E-state index contributed by atoms with van der Waals surface area (Å²) in [5.74, 6) is 0.606. The van der Waals surface area contributed by atoms with Crippen molar-refractivity contribution in [3.05, 3.63) is 65.2 Å². The van der Waals surface area contributed by atoms with Crippen molar-refractivity contribution in [2.24, 2.45) is 0 Å². The van der Waals surface area contributed by atoms with E-state index in [2.05, 4.69) is 21.9 Å². The SMILES string of the molecule is C=CCn1c(SCn2cc([N+](=O)[O-])cn2)nnc1-c1ccc(F)cc1. The van der Waals surface area contributed by atoms with Gasteiger partial charge in [0.15, 0.2) is 11.0 Å². The fourth-order valence-electron chi connectivity index (χ4n) is 2.14. The zero-order valence-electron chi connectivity index (χ0n) is 12.9. The van der Waals surface area contributed by atoms with E-state index in [-0.39, 0.29) is 11.5 Å². The molecule has 128 valence electrons. The zero-order valence-corrected chi connectivity index (χ0v) is 13.8. The molecule has 0 aliphatic heterocycles. The average molecular weight is 360 g/mol. The number of nitrogens with zero attached hydrogens (tertiary/aromatic N) is 6. The first-order chi connectivity index (χ1) is 12.1. The molecule has 0 radical (unpaired) electrons. The molecule has 0 atom stereocenters. The zero-order chi connectivity index (χ0) is 17.8. The van der Waals surface area contributed by atoms with Gasteiger partial charge in [0, 0.05) is 12.1 Å². The normalized spacial score (nSPS) is 10.8. The Kier molecular flexibility index (Phi) is 4.89. The number of nitro groups is 1. The molecule has 2 heterocycles. The summed E-state index contributed by atoms with van der Waals surface area (Å²) in [6.07, 6.45) is 4.25. The van der Waals surface area contributed by atoms with Crippen molar-refractivity contribution in [3.8, 4) is 11.4 Å². The molecule has 2 aromatic heterocycles. The van der Waals surface area contributed by atoms with Crippen molar-refractivity contribution in [3.63, 3.8) is 0 Å². The molecule has 0 bridgehead atoms. The van der Waals surface area contributed by atoms with Crippen LogP contribution in [-0.2, 0) is 12.4 Å². The van der Waals surface area contributed by atoms with Crippen LogP contribution in [0.1, 0.15) is 0 Å². The third-order valence-corrected chi connectivity index (χ3v) is 4.24. The molecule has 0 amide bonds. The van der Waals surface area contributed by atoms with Gasteiger partial charge in [0.25, 0.3) is 0 Å². The summed E-state index contributed by atoms with van der Waals surface area (Å²) in [5.41, 5.74) is 0.664. The number of rotatable bonds is 7. The Morgan fingerprint density at radius 1 is 1.32 bits per heavy atom. The van der Waals surface area contributed by atoms with Crippen molar-refractivity contribution in [2.45, 2.75) is 17.6 Å². The van der Waals surface area contributed by atoms with Crippen LogP contribution in [0.2, 0.25) is 0 Å². The summed E-state index contributed by atoms with van der Waals surface area (Å²) in [7, 11) is 0. The number of thioether (sulfide) groups is 1. The highest BCUT2D eigenvalue weighted by atomic mass is 32.2. The lowest BCUT2D eigenvalue weighted by molar-refractivity contribution is -0.385. The Labute approximate surface area is 146 Å². The van der Waals surface area contributed by atoms with E-state index in [0.29, 0.717) is 23.4 Å².